The monoisotopic (exact) mass is 850 g/mol. The summed E-state index contributed by atoms with van der Waals surface area (Å²) in [6.45, 7) is 4.29. The van der Waals surface area contributed by atoms with Crippen molar-refractivity contribution < 1.29 is 15.0 Å². The second-order valence-corrected chi connectivity index (χ2v) is 17.9. The number of carbonyl (C=O) groups is 1. The molecule has 2 unspecified atom stereocenters. The Morgan fingerprint density at radius 2 is 0.689 bits per heavy atom. The lowest BCUT2D eigenvalue weighted by Gasteiger charge is -2.19. The molecule has 1 amide bonds. The van der Waals surface area contributed by atoms with Crippen molar-refractivity contribution in [1.29, 1.82) is 0 Å². The number of carbonyl (C=O) groups excluding carboxylic acids is 1. The van der Waals surface area contributed by atoms with Gasteiger partial charge in [-0.3, -0.25) is 4.79 Å². The second-order valence-electron chi connectivity index (χ2n) is 17.9. The molecule has 3 N–H and O–H groups in total. The van der Waals surface area contributed by atoms with E-state index in [0.717, 1.165) is 51.4 Å². The van der Waals surface area contributed by atoms with Crippen LogP contribution in [0.5, 0.6) is 0 Å². The molecule has 0 saturated heterocycles. The lowest BCUT2D eigenvalue weighted by atomic mass is 10.0. The molecule has 0 aliphatic heterocycles. The Balaban J connectivity index is 3.61. The van der Waals surface area contributed by atoms with E-state index in [1.165, 1.54) is 193 Å². The molecule has 0 saturated carbocycles. The number of aliphatic hydroxyl groups is 2. The molecule has 0 aliphatic rings. The number of amides is 1. The fraction of sp³-hybridized carbons (Fsp3) is 0.772. The van der Waals surface area contributed by atoms with Gasteiger partial charge in [-0.25, -0.2) is 0 Å². The summed E-state index contributed by atoms with van der Waals surface area (Å²) in [5, 5.41) is 23.1. The zero-order valence-corrected chi connectivity index (χ0v) is 40.7. The quantitative estimate of drug-likeness (QED) is 0.0422. The SMILES string of the molecule is CCCCCCC/C=C\C/C=C\C/C=C\CCCCCCCCCCCCC(=O)NC(CO)C(O)/C=C/CC/C=C/CC/C=C/CCCCCCCCCCCCCCCC. The second kappa shape index (κ2) is 52.2. The Labute approximate surface area is 380 Å². The van der Waals surface area contributed by atoms with Gasteiger partial charge in [-0.15, -0.1) is 0 Å². The van der Waals surface area contributed by atoms with E-state index in [9.17, 15) is 15.0 Å². The molecule has 4 heteroatoms. The zero-order valence-electron chi connectivity index (χ0n) is 40.7. The third-order valence-electron chi connectivity index (χ3n) is 11.9. The van der Waals surface area contributed by atoms with Crippen molar-refractivity contribution in [3.8, 4) is 0 Å². The van der Waals surface area contributed by atoms with Gasteiger partial charge in [0.15, 0.2) is 0 Å². The third-order valence-corrected chi connectivity index (χ3v) is 11.9. The first-order chi connectivity index (χ1) is 30.2. The minimum Gasteiger partial charge on any atom is -0.394 e. The predicted molar refractivity (Wildman–Crippen MR) is 271 cm³/mol. The molecular formula is C57H103NO3. The van der Waals surface area contributed by atoms with Crippen LogP contribution in [0.4, 0.5) is 0 Å². The van der Waals surface area contributed by atoms with Crippen LogP contribution >= 0.6 is 0 Å². The van der Waals surface area contributed by atoms with Crippen LogP contribution in [0.25, 0.3) is 0 Å². The van der Waals surface area contributed by atoms with Crippen molar-refractivity contribution in [2.75, 3.05) is 6.61 Å². The van der Waals surface area contributed by atoms with E-state index in [0.29, 0.717) is 6.42 Å². The highest BCUT2D eigenvalue weighted by atomic mass is 16.3. The lowest BCUT2D eigenvalue weighted by molar-refractivity contribution is -0.123. The molecule has 61 heavy (non-hydrogen) atoms. The van der Waals surface area contributed by atoms with Crippen LogP contribution in [-0.4, -0.2) is 34.9 Å². The molecule has 0 aromatic carbocycles. The molecule has 0 aromatic rings. The smallest absolute Gasteiger partial charge is 0.220 e. The molecule has 0 heterocycles. The van der Waals surface area contributed by atoms with E-state index in [2.05, 4.69) is 79.9 Å². The van der Waals surface area contributed by atoms with Crippen LogP contribution in [0.1, 0.15) is 264 Å². The first-order valence-electron chi connectivity index (χ1n) is 26.7. The van der Waals surface area contributed by atoms with E-state index < -0.39 is 12.1 Å². The number of allylic oxidation sites excluding steroid dienone is 11. The molecular weight excluding hydrogens is 747 g/mol. The summed E-state index contributed by atoms with van der Waals surface area (Å²) in [6.07, 6.45) is 74.7. The Morgan fingerprint density at radius 1 is 0.393 bits per heavy atom. The topological polar surface area (TPSA) is 69.6 Å². The van der Waals surface area contributed by atoms with E-state index >= 15 is 0 Å². The largest absolute Gasteiger partial charge is 0.394 e. The zero-order chi connectivity index (χ0) is 44.2. The van der Waals surface area contributed by atoms with Gasteiger partial charge in [0, 0.05) is 6.42 Å². The van der Waals surface area contributed by atoms with Crippen molar-refractivity contribution >= 4 is 5.91 Å². The van der Waals surface area contributed by atoms with Crippen LogP contribution in [0.3, 0.4) is 0 Å². The van der Waals surface area contributed by atoms with Crippen LogP contribution < -0.4 is 5.32 Å². The van der Waals surface area contributed by atoms with Crippen molar-refractivity contribution in [2.45, 2.75) is 276 Å². The van der Waals surface area contributed by atoms with E-state index in [4.69, 9.17) is 0 Å². The Morgan fingerprint density at radius 3 is 1.07 bits per heavy atom. The minimum absolute atomic E-state index is 0.0825. The predicted octanol–water partition coefficient (Wildman–Crippen LogP) is 17.4. The maximum Gasteiger partial charge on any atom is 0.220 e. The highest BCUT2D eigenvalue weighted by Gasteiger charge is 2.17. The van der Waals surface area contributed by atoms with Gasteiger partial charge in [0.1, 0.15) is 0 Å². The van der Waals surface area contributed by atoms with Crippen molar-refractivity contribution in [3.63, 3.8) is 0 Å². The molecule has 0 aliphatic carbocycles. The van der Waals surface area contributed by atoms with E-state index in [-0.39, 0.29) is 12.5 Å². The number of unbranched alkanes of at least 4 members (excludes halogenated alkanes) is 31. The molecule has 4 nitrogen and oxygen atoms in total. The van der Waals surface area contributed by atoms with Crippen LogP contribution in [0.15, 0.2) is 72.9 Å². The normalized spacial score (nSPS) is 13.4. The van der Waals surface area contributed by atoms with Gasteiger partial charge in [0.2, 0.25) is 5.91 Å². The number of rotatable bonds is 48. The van der Waals surface area contributed by atoms with E-state index in [1.54, 1.807) is 6.08 Å². The fourth-order valence-electron chi connectivity index (χ4n) is 7.81. The molecule has 0 spiro atoms. The van der Waals surface area contributed by atoms with Crippen LogP contribution in [0, 0.1) is 0 Å². The molecule has 0 fully saturated rings. The third kappa shape index (κ3) is 48.7. The van der Waals surface area contributed by atoms with Crippen molar-refractivity contribution in [2.24, 2.45) is 0 Å². The Bertz CT molecular complexity index is 1050. The summed E-state index contributed by atoms with van der Waals surface area (Å²) in [4.78, 5) is 12.4. The number of aliphatic hydroxyl groups excluding tert-OH is 2. The van der Waals surface area contributed by atoms with E-state index in [1.807, 2.05) is 6.08 Å². The molecule has 0 radical (unpaired) electrons. The van der Waals surface area contributed by atoms with Gasteiger partial charge in [0.25, 0.3) is 0 Å². The van der Waals surface area contributed by atoms with Crippen molar-refractivity contribution in [3.05, 3.63) is 72.9 Å². The highest BCUT2D eigenvalue weighted by molar-refractivity contribution is 5.76. The first-order valence-corrected chi connectivity index (χ1v) is 26.7. The fourth-order valence-corrected chi connectivity index (χ4v) is 7.81. The summed E-state index contributed by atoms with van der Waals surface area (Å²) in [5.41, 5.74) is 0. The average Bonchev–Trinajstić information content (AvgIpc) is 3.26. The van der Waals surface area contributed by atoms with Gasteiger partial charge in [-0.05, 0) is 83.5 Å². The number of nitrogens with one attached hydrogen (secondary N) is 1. The number of hydrogen-bond donors (Lipinski definition) is 3. The summed E-state index contributed by atoms with van der Waals surface area (Å²) in [6, 6.07) is -0.652. The minimum atomic E-state index is -0.876. The summed E-state index contributed by atoms with van der Waals surface area (Å²) in [5.74, 6) is -0.0825. The standard InChI is InChI=1S/C57H103NO3/c1-3-5-7-9-11-13-15-17-19-21-23-25-27-29-31-33-35-37-39-41-43-45-47-49-51-53-57(61)58-55(54-59)56(60)52-50-48-46-44-42-40-38-36-34-32-30-28-26-24-22-20-18-16-14-12-10-8-6-4-2/h15,17,21,23,27,29,34,36,42,44,50,52,55-56,59-60H,3-14,16,18-20,22,24-26,28,30-33,35,37-41,43,45-49,51,53-54H2,1-2H3,(H,58,61)/b17-15-,23-21-,29-27-,36-34+,44-42+,52-50+. The Kier molecular flexibility index (Phi) is 50.3. The van der Waals surface area contributed by atoms with Gasteiger partial charge < -0.3 is 15.5 Å². The van der Waals surface area contributed by atoms with Gasteiger partial charge >= 0.3 is 0 Å². The molecule has 0 rings (SSSR count). The summed E-state index contributed by atoms with van der Waals surface area (Å²) in [7, 11) is 0. The molecule has 2 atom stereocenters. The van der Waals surface area contributed by atoms with Gasteiger partial charge in [-0.2, -0.15) is 0 Å². The Hall–Kier alpha value is -2.17. The van der Waals surface area contributed by atoms with Crippen LogP contribution in [-0.2, 0) is 4.79 Å². The van der Waals surface area contributed by atoms with Gasteiger partial charge in [-0.1, -0.05) is 247 Å². The highest BCUT2D eigenvalue weighted by Crippen LogP contribution is 2.15. The average molecular weight is 850 g/mol. The maximum absolute atomic E-state index is 12.4. The van der Waals surface area contributed by atoms with Gasteiger partial charge in [0.05, 0.1) is 18.8 Å². The molecule has 354 valence electrons. The number of hydrogen-bond acceptors (Lipinski definition) is 3. The maximum atomic E-state index is 12.4. The molecule has 0 aromatic heterocycles. The van der Waals surface area contributed by atoms with Crippen molar-refractivity contribution in [1.82, 2.24) is 5.32 Å². The summed E-state index contributed by atoms with van der Waals surface area (Å²) >= 11 is 0. The lowest BCUT2D eigenvalue weighted by Crippen LogP contribution is -2.45. The summed E-state index contributed by atoms with van der Waals surface area (Å²) < 4.78 is 0. The molecule has 0 bridgehead atoms. The van der Waals surface area contributed by atoms with Crippen LogP contribution in [0.2, 0.25) is 0 Å². The first kappa shape index (κ1) is 58.8.